The Labute approximate surface area is 370 Å². The van der Waals surface area contributed by atoms with E-state index in [1.54, 1.807) is 65.8 Å². The van der Waals surface area contributed by atoms with Crippen molar-refractivity contribution in [3.05, 3.63) is 75.8 Å². The number of thiazole rings is 1. The lowest BCUT2D eigenvalue weighted by Gasteiger charge is -2.23. The molecule has 0 unspecified atom stereocenters. The maximum atomic E-state index is 13.1. The molecule has 2 aromatic heterocycles. The number of pyridine rings is 1. The van der Waals surface area contributed by atoms with Crippen LogP contribution in [-0.4, -0.2) is 71.5 Å². The Balaban J connectivity index is 1.25. The van der Waals surface area contributed by atoms with Crippen LogP contribution in [-0.2, 0) is 29.6 Å². The van der Waals surface area contributed by atoms with E-state index >= 15 is 0 Å². The van der Waals surface area contributed by atoms with Crippen LogP contribution in [0.4, 0.5) is 10.6 Å². The highest BCUT2D eigenvalue weighted by Crippen LogP contribution is 2.40. The molecular formula is C45H51ClN6O7S2. The fourth-order valence-corrected chi connectivity index (χ4v) is 8.32. The standard InChI is InChI=1S/C45H51ClN6O7S2/c1-44(2,3)58-37(53)12-8-7-11-36(50-43(55)59-45(4,5)6)42(54)57-24-23-56-33-19-15-29(16-20-33)38-34(25-47)39(52-21-9-10-22-52)51-41(35(38)26-48)61-28-32-27-60-40(49-32)30-13-17-31(46)18-14-30/h13-20,27,36H,7-12,21-24,28H2,1-6H3,(H,50,55)/t36-/m0/s1. The number of halogens is 1. The average molecular weight is 888 g/mol. The van der Waals surface area contributed by atoms with Crippen molar-refractivity contribution in [2.75, 3.05) is 31.2 Å². The Hall–Kier alpha value is -5.35. The number of nitrogens with zero attached hydrogens (tertiary/aromatic N) is 5. The van der Waals surface area contributed by atoms with Crippen LogP contribution in [0.15, 0.2) is 58.9 Å². The average Bonchev–Trinajstić information content (AvgIpc) is 3.92. The molecule has 0 saturated carbocycles. The summed E-state index contributed by atoms with van der Waals surface area (Å²) in [5.74, 6) is 0.510. The number of anilines is 1. The van der Waals surface area contributed by atoms with E-state index in [2.05, 4.69) is 22.4 Å². The molecule has 1 atom stereocenters. The molecule has 1 aliphatic rings. The number of esters is 2. The molecule has 61 heavy (non-hydrogen) atoms. The lowest BCUT2D eigenvalue weighted by Crippen LogP contribution is -2.44. The summed E-state index contributed by atoms with van der Waals surface area (Å²) in [6, 6.07) is 18.2. The molecule has 1 aliphatic heterocycles. The van der Waals surface area contributed by atoms with Crippen LogP contribution in [0, 0.1) is 22.7 Å². The molecule has 0 aliphatic carbocycles. The van der Waals surface area contributed by atoms with Crippen molar-refractivity contribution in [2.45, 2.75) is 108 Å². The number of alkyl carbamates (subject to hydrolysis) is 1. The summed E-state index contributed by atoms with van der Waals surface area (Å²) >= 11 is 9.02. The second kappa shape index (κ2) is 21.4. The summed E-state index contributed by atoms with van der Waals surface area (Å²) in [4.78, 5) is 49.7. The highest BCUT2D eigenvalue weighted by Gasteiger charge is 2.28. The number of hydrogen-bond donors (Lipinski definition) is 1. The molecule has 4 aromatic rings. The molecule has 322 valence electrons. The van der Waals surface area contributed by atoms with E-state index in [1.807, 2.05) is 29.6 Å². The van der Waals surface area contributed by atoms with E-state index in [9.17, 15) is 24.9 Å². The van der Waals surface area contributed by atoms with Crippen LogP contribution < -0.4 is 15.0 Å². The first-order valence-electron chi connectivity index (χ1n) is 20.1. The van der Waals surface area contributed by atoms with E-state index in [-0.39, 0.29) is 32.0 Å². The molecule has 5 rings (SSSR count). The van der Waals surface area contributed by atoms with Gasteiger partial charge >= 0.3 is 18.0 Å². The fraction of sp³-hybridized carbons (Fsp3) is 0.444. The number of nitrogens with one attached hydrogen (secondary N) is 1. The van der Waals surface area contributed by atoms with Gasteiger partial charge in [-0.15, -0.1) is 11.3 Å². The SMILES string of the molecule is CC(C)(C)OC(=O)CCCC[C@H](NC(=O)OC(C)(C)C)C(=O)OCCOc1ccc(-c2c(C#N)c(SCc3csc(-c4ccc(Cl)cc4)n3)nc(N3CCCC3)c2C#N)cc1. The zero-order chi connectivity index (χ0) is 44.2. The summed E-state index contributed by atoms with van der Waals surface area (Å²) in [7, 11) is 0. The Morgan fingerprint density at radius 3 is 2.18 bits per heavy atom. The van der Waals surface area contributed by atoms with E-state index in [0.717, 1.165) is 42.2 Å². The number of ether oxygens (including phenoxy) is 4. The van der Waals surface area contributed by atoms with Crippen molar-refractivity contribution in [1.82, 2.24) is 15.3 Å². The Bertz CT molecular complexity index is 2230. The zero-order valence-electron chi connectivity index (χ0n) is 35.3. The highest BCUT2D eigenvalue weighted by atomic mass is 35.5. The molecule has 1 amide bonds. The Kier molecular flexibility index (Phi) is 16.4. The molecule has 2 aromatic carbocycles. The van der Waals surface area contributed by atoms with Crippen LogP contribution in [0.5, 0.6) is 5.75 Å². The first-order chi connectivity index (χ1) is 29.0. The third kappa shape index (κ3) is 14.1. The number of nitriles is 2. The fourth-order valence-electron chi connectivity index (χ4n) is 6.38. The predicted octanol–water partition coefficient (Wildman–Crippen LogP) is 9.88. The zero-order valence-corrected chi connectivity index (χ0v) is 37.7. The predicted molar refractivity (Wildman–Crippen MR) is 237 cm³/mol. The first-order valence-corrected chi connectivity index (χ1v) is 22.4. The number of thioether (sulfide) groups is 1. The Morgan fingerprint density at radius 2 is 1.54 bits per heavy atom. The Morgan fingerprint density at radius 1 is 0.885 bits per heavy atom. The van der Waals surface area contributed by atoms with Gasteiger partial charge in [0.05, 0.1) is 11.3 Å². The second-order valence-electron chi connectivity index (χ2n) is 16.3. The van der Waals surface area contributed by atoms with Gasteiger partial charge in [-0.1, -0.05) is 54.0 Å². The molecule has 3 heterocycles. The van der Waals surface area contributed by atoms with Crippen LogP contribution in [0.1, 0.15) is 96.9 Å². The van der Waals surface area contributed by atoms with Crippen molar-refractivity contribution in [3.63, 3.8) is 0 Å². The van der Waals surface area contributed by atoms with Crippen LogP contribution in [0.2, 0.25) is 5.02 Å². The number of rotatable bonds is 17. The lowest BCUT2D eigenvalue weighted by atomic mass is 9.96. The molecule has 0 spiro atoms. The van der Waals surface area contributed by atoms with Crippen molar-refractivity contribution in [2.24, 2.45) is 0 Å². The molecule has 1 saturated heterocycles. The van der Waals surface area contributed by atoms with Crippen molar-refractivity contribution < 1.29 is 33.3 Å². The van der Waals surface area contributed by atoms with Crippen molar-refractivity contribution >= 4 is 58.5 Å². The number of amides is 1. The third-order valence-corrected chi connectivity index (χ3v) is 11.2. The van der Waals surface area contributed by atoms with Gasteiger partial charge in [-0.2, -0.15) is 10.5 Å². The van der Waals surface area contributed by atoms with Crippen molar-refractivity contribution in [3.8, 4) is 39.6 Å². The third-order valence-electron chi connectivity index (χ3n) is 9.03. The number of carbonyl (C=O) groups is 3. The topological polar surface area (TPSA) is 177 Å². The minimum Gasteiger partial charge on any atom is -0.490 e. The lowest BCUT2D eigenvalue weighted by molar-refractivity contribution is -0.154. The van der Waals surface area contributed by atoms with E-state index < -0.39 is 29.3 Å². The maximum Gasteiger partial charge on any atom is 0.408 e. The normalized spacial score (nSPS) is 13.2. The summed E-state index contributed by atoms with van der Waals surface area (Å²) in [6.07, 6.45) is 2.51. The number of benzene rings is 2. The van der Waals surface area contributed by atoms with Crippen LogP contribution in [0.3, 0.4) is 0 Å². The summed E-state index contributed by atoms with van der Waals surface area (Å²) in [6.45, 7) is 12.0. The highest BCUT2D eigenvalue weighted by molar-refractivity contribution is 7.98. The van der Waals surface area contributed by atoms with E-state index in [1.165, 1.54) is 23.1 Å². The monoisotopic (exact) mass is 886 g/mol. The summed E-state index contributed by atoms with van der Waals surface area (Å²) < 4.78 is 22.1. The summed E-state index contributed by atoms with van der Waals surface area (Å²) in [5.41, 5.74) is 2.23. The van der Waals surface area contributed by atoms with Gasteiger partial charge < -0.3 is 29.2 Å². The number of aromatic nitrogens is 2. The van der Waals surface area contributed by atoms with Gasteiger partial charge in [-0.05, 0) is 97.1 Å². The van der Waals surface area contributed by atoms with Gasteiger partial charge in [-0.3, -0.25) is 4.79 Å². The van der Waals surface area contributed by atoms with E-state index in [0.29, 0.717) is 62.5 Å². The van der Waals surface area contributed by atoms with Crippen LogP contribution >= 0.6 is 34.7 Å². The molecule has 1 N–H and O–H groups in total. The van der Waals surface area contributed by atoms with Gasteiger partial charge in [0, 0.05) is 46.8 Å². The molecule has 13 nitrogen and oxygen atoms in total. The molecular weight excluding hydrogens is 836 g/mol. The quantitative estimate of drug-likeness (QED) is 0.0459. The minimum absolute atomic E-state index is 0.0152. The minimum atomic E-state index is -1.00. The largest absolute Gasteiger partial charge is 0.490 e. The first kappa shape index (κ1) is 46.7. The van der Waals surface area contributed by atoms with E-state index in [4.69, 9.17) is 40.5 Å². The second-order valence-corrected chi connectivity index (χ2v) is 18.6. The molecule has 0 radical (unpaired) electrons. The van der Waals surface area contributed by atoms with Gasteiger partial charge in [0.2, 0.25) is 0 Å². The smallest absolute Gasteiger partial charge is 0.408 e. The van der Waals surface area contributed by atoms with Crippen LogP contribution in [0.25, 0.3) is 21.7 Å². The van der Waals surface area contributed by atoms with Gasteiger partial charge in [0.25, 0.3) is 0 Å². The number of carbonyl (C=O) groups excluding carboxylic acids is 3. The summed E-state index contributed by atoms with van der Waals surface area (Å²) in [5, 5.41) is 27.7. The van der Waals surface area contributed by atoms with Gasteiger partial charge in [0.15, 0.2) is 0 Å². The van der Waals surface area contributed by atoms with Crippen molar-refractivity contribution in [1.29, 1.82) is 10.5 Å². The number of unbranched alkanes of at least 4 members (excludes halogenated alkanes) is 1. The van der Waals surface area contributed by atoms with Gasteiger partial charge in [-0.25, -0.2) is 19.6 Å². The molecule has 1 fully saturated rings. The maximum absolute atomic E-state index is 13.1. The van der Waals surface area contributed by atoms with Gasteiger partial charge in [0.1, 0.15) is 69.8 Å². The molecule has 0 bridgehead atoms. The molecule has 16 heteroatoms. The number of hydrogen-bond acceptors (Lipinski definition) is 14.